The van der Waals surface area contributed by atoms with Crippen molar-refractivity contribution < 1.29 is 22.7 Å². The van der Waals surface area contributed by atoms with Crippen LogP contribution >= 0.6 is 0 Å². The standard InChI is InChI=1S/C5H8F4O/c1-3(10)4(2,6)5(7,8)9/h3,10H,1-2H3. The smallest absolute Gasteiger partial charge is 0.390 e. The Morgan fingerprint density at radius 3 is 1.50 bits per heavy atom. The molecule has 2 atom stereocenters. The van der Waals surface area contributed by atoms with Gasteiger partial charge >= 0.3 is 6.18 Å². The highest BCUT2D eigenvalue weighted by Gasteiger charge is 2.55. The molecule has 0 aliphatic heterocycles. The summed E-state index contributed by atoms with van der Waals surface area (Å²) < 4.78 is 47.0. The van der Waals surface area contributed by atoms with Crippen molar-refractivity contribution in [2.24, 2.45) is 0 Å². The minimum atomic E-state index is -5.00. The van der Waals surface area contributed by atoms with Gasteiger partial charge in [-0.25, -0.2) is 4.39 Å². The summed E-state index contributed by atoms with van der Waals surface area (Å²) in [5.41, 5.74) is -3.51. The van der Waals surface area contributed by atoms with Crippen LogP contribution < -0.4 is 0 Å². The average molecular weight is 160 g/mol. The van der Waals surface area contributed by atoms with Gasteiger partial charge in [0.05, 0.1) is 6.10 Å². The second-order valence-electron chi connectivity index (χ2n) is 2.25. The maximum absolute atomic E-state index is 12.3. The molecule has 1 N–H and O–H groups in total. The molecule has 5 heteroatoms. The van der Waals surface area contributed by atoms with Gasteiger partial charge < -0.3 is 5.11 Å². The highest BCUT2D eigenvalue weighted by molar-refractivity contribution is 4.86. The molecular formula is C5H8F4O. The molecule has 0 aliphatic carbocycles. The molecule has 0 heterocycles. The lowest BCUT2D eigenvalue weighted by Crippen LogP contribution is -2.46. The first-order chi connectivity index (χ1) is 4.19. The van der Waals surface area contributed by atoms with E-state index in [9.17, 15) is 17.6 Å². The molecule has 0 spiro atoms. The lowest BCUT2D eigenvalue weighted by Gasteiger charge is -2.25. The number of hydrogen-bond acceptors (Lipinski definition) is 1. The van der Waals surface area contributed by atoms with E-state index in [0.29, 0.717) is 6.92 Å². The topological polar surface area (TPSA) is 20.2 Å². The molecule has 0 bridgehead atoms. The zero-order valence-corrected chi connectivity index (χ0v) is 5.54. The average Bonchev–Trinajstić information content (AvgIpc) is 1.62. The summed E-state index contributed by atoms with van der Waals surface area (Å²) in [6.07, 6.45) is -7.03. The Hall–Kier alpha value is -0.320. The third kappa shape index (κ3) is 1.59. The van der Waals surface area contributed by atoms with E-state index < -0.39 is 17.9 Å². The Kier molecular flexibility index (Phi) is 2.30. The molecular weight excluding hydrogens is 152 g/mol. The van der Waals surface area contributed by atoms with Crippen LogP contribution in [0.3, 0.4) is 0 Å². The van der Waals surface area contributed by atoms with Gasteiger partial charge in [0, 0.05) is 0 Å². The lowest BCUT2D eigenvalue weighted by atomic mass is 10.0. The van der Waals surface area contributed by atoms with Gasteiger partial charge in [0.15, 0.2) is 0 Å². The molecule has 0 saturated heterocycles. The maximum Gasteiger partial charge on any atom is 0.424 e. The molecule has 0 aliphatic rings. The van der Waals surface area contributed by atoms with E-state index in [1.165, 1.54) is 0 Å². The summed E-state index contributed by atoms with van der Waals surface area (Å²) in [6.45, 7) is 1.06. The molecule has 0 aromatic rings. The van der Waals surface area contributed by atoms with Gasteiger partial charge in [-0.15, -0.1) is 0 Å². The third-order valence-electron chi connectivity index (χ3n) is 1.34. The second kappa shape index (κ2) is 2.38. The molecule has 0 saturated carbocycles. The van der Waals surface area contributed by atoms with Crippen LogP contribution in [0.4, 0.5) is 17.6 Å². The number of aliphatic hydroxyl groups is 1. The fraction of sp³-hybridized carbons (Fsp3) is 1.00. The Morgan fingerprint density at radius 2 is 1.50 bits per heavy atom. The number of aliphatic hydroxyl groups excluding tert-OH is 1. The van der Waals surface area contributed by atoms with Crippen LogP contribution in [-0.2, 0) is 0 Å². The van der Waals surface area contributed by atoms with E-state index >= 15 is 0 Å². The van der Waals surface area contributed by atoms with E-state index in [0.717, 1.165) is 6.92 Å². The minimum absolute atomic E-state index is 0.303. The summed E-state index contributed by atoms with van der Waals surface area (Å²) in [7, 11) is 0. The highest BCUT2D eigenvalue weighted by Crippen LogP contribution is 2.35. The van der Waals surface area contributed by atoms with Gasteiger partial charge in [0.1, 0.15) is 0 Å². The molecule has 0 amide bonds. The van der Waals surface area contributed by atoms with Crippen molar-refractivity contribution in [2.75, 3.05) is 0 Å². The number of halogens is 4. The number of hydrogen-bond donors (Lipinski definition) is 1. The summed E-state index contributed by atoms with van der Waals surface area (Å²) in [5.74, 6) is 0. The van der Waals surface area contributed by atoms with Crippen molar-refractivity contribution in [3.05, 3.63) is 0 Å². The maximum atomic E-state index is 12.3. The summed E-state index contributed by atoms with van der Waals surface area (Å²) in [6, 6.07) is 0. The molecule has 10 heavy (non-hydrogen) atoms. The van der Waals surface area contributed by atoms with Crippen molar-refractivity contribution in [1.29, 1.82) is 0 Å². The van der Waals surface area contributed by atoms with Gasteiger partial charge in [-0.1, -0.05) is 0 Å². The summed E-state index contributed by atoms with van der Waals surface area (Å²) in [5, 5.41) is 8.32. The molecule has 0 aromatic heterocycles. The first-order valence-corrected chi connectivity index (χ1v) is 2.63. The second-order valence-corrected chi connectivity index (χ2v) is 2.25. The van der Waals surface area contributed by atoms with Gasteiger partial charge in [0.25, 0.3) is 0 Å². The van der Waals surface area contributed by atoms with Crippen LogP contribution in [0.5, 0.6) is 0 Å². The molecule has 0 rings (SSSR count). The van der Waals surface area contributed by atoms with E-state index in [4.69, 9.17) is 5.11 Å². The van der Waals surface area contributed by atoms with E-state index in [-0.39, 0.29) is 0 Å². The Morgan fingerprint density at radius 1 is 1.20 bits per heavy atom. The zero-order valence-electron chi connectivity index (χ0n) is 5.54. The van der Waals surface area contributed by atoms with E-state index in [1.54, 1.807) is 0 Å². The predicted octanol–water partition coefficient (Wildman–Crippen LogP) is 1.66. The summed E-state index contributed by atoms with van der Waals surface area (Å²) in [4.78, 5) is 0. The van der Waals surface area contributed by atoms with E-state index in [2.05, 4.69) is 0 Å². The highest BCUT2D eigenvalue weighted by atomic mass is 19.4. The van der Waals surface area contributed by atoms with Crippen LogP contribution in [0, 0.1) is 0 Å². The zero-order chi connectivity index (χ0) is 8.58. The fourth-order valence-corrected chi connectivity index (χ4v) is 0.237. The predicted molar refractivity (Wildman–Crippen MR) is 27.2 cm³/mol. The molecule has 62 valence electrons. The first-order valence-electron chi connectivity index (χ1n) is 2.63. The molecule has 0 aromatic carbocycles. The fourth-order valence-electron chi connectivity index (χ4n) is 0.237. The molecule has 0 radical (unpaired) electrons. The lowest BCUT2D eigenvalue weighted by molar-refractivity contribution is -0.250. The molecule has 2 unspecified atom stereocenters. The van der Waals surface area contributed by atoms with Crippen LogP contribution in [0.2, 0.25) is 0 Å². The van der Waals surface area contributed by atoms with Gasteiger partial charge in [-0.05, 0) is 13.8 Å². The Labute approximate surface area is 55.7 Å². The van der Waals surface area contributed by atoms with Crippen LogP contribution in [0.25, 0.3) is 0 Å². The van der Waals surface area contributed by atoms with Gasteiger partial charge in [0.2, 0.25) is 5.67 Å². The normalized spacial score (nSPS) is 21.9. The largest absolute Gasteiger partial charge is 0.424 e. The van der Waals surface area contributed by atoms with Crippen molar-refractivity contribution >= 4 is 0 Å². The van der Waals surface area contributed by atoms with Crippen molar-refractivity contribution in [3.63, 3.8) is 0 Å². The Balaban J connectivity index is 4.40. The third-order valence-corrected chi connectivity index (χ3v) is 1.34. The first kappa shape index (κ1) is 9.68. The van der Waals surface area contributed by atoms with Gasteiger partial charge in [-0.3, -0.25) is 0 Å². The van der Waals surface area contributed by atoms with Crippen LogP contribution in [0.15, 0.2) is 0 Å². The van der Waals surface area contributed by atoms with Gasteiger partial charge in [-0.2, -0.15) is 13.2 Å². The quantitative estimate of drug-likeness (QED) is 0.578. The van der Waals surface area contributed by atoms with Crippen molar-refractivity contribution in [2.45, 2.75) is 31.8 Å². The van der Waals surface area contributed by atoms with E-state index in [1.807, 2.05) is 0 Å². The SMILES string of the molecule is CC(O)C(C)(F)C(F)(F)F. The number of alkyl halides is 4. The van der Waals surface area contributed by atoms with Crippen LogP contribution in [-0.4, -0.2) is 23.1 Å². The number of rotatable bonds is 1. The molecule has 1 nitrogen and oxygen atoms in total. The minimum Gasteiger partial charge on any atom is -0.390 e. The molecule has 0 fully saturated rings. The Bertz CT molecular complexity index is 115. The monoisotopic (exact) mass is 160 g/mol. The van der Waals surface area contributed by atoms with Crippen molar-refractivity contribution in [3.8, 4) is 0 Å². The van der Waals surface area contributed by atoms with Crippen LogP contribution in [0.1, 0.15) is 13.8 Å². The summed E-state index contributed by atoms with van der Waals surface area (Å²) >= 11 is 0. The van der Waals surface area contributed by atoms with Crippen molar-refractivity contribution in [1.82, 2.24) is 0 Å².